The van der Waals surface area contributed by atoms with Crippen molar-refractivity contribution in [3.8, 4) is 0 Å². The van der Waals surface area contributed by atoms with E-state index in [1.54, 1.807) is 13.3 Å². The van der Waals surface area contributed by atoms with Crippen molar-refractivity contribution in [2.24, 2.45) is 13.0 Å². The molecule has 1 saturated heterocycles. The van der Waals surface area contributed by atoms with E-state index in [1.807, 2.05) is 30.3 Å². The molecule has 2 N–H and O–H groups in total. The van der Waals surface area contributed by atoms with E-state index in [2.05, 4.69) is 25.7 Å². The van der Waals surface area contributed by atoms with E-state index in [-0.39, 0.29) is 6.03 Å². The average Bonchev–Trinajstić information content (AvgIpc) is 3.29. The maximum atomic E-state index is 12.3. The number of hydrogen-bond donors (Lipinski definition) is 2. The zero-order valence-electron chi connectivity index (χ0n) is 15.4. The molecule has 8 heteroatoms. The minimum absolute atomic E-state index is 0.212. The number of hydrogen-bond acceptors (Lipinski definition) is 5. The molecule has 0 aliphatic carbocycles. The largest absolute Gasteiger partial charge is 0.468 e. The fraction of sp³-hybridized carbons (Fsp3) is 0.421. The van der Waals surface area contributed by atoms with Crippen molar-refractivity contribution in [1.29, 1.82) is 0 Å². The predicted octanol–water partition coefficient (Wildman–Crippen LogP) is 2.60. The van der Waals surface area contributed by atoms with Crippen molar-refractivity contribution in [2.45, 2.75) is 19.4 Å². The quantitative estimate of drug-likeness (QED) is 0.723. The first-order valence-corrected chi connectivity index (χ1v) is 9.27. The standard InChI is InChI=1S/C19H24N6O2/c1-24-22-17-8-2-7-16(18(17)23-24)21-19(26)20-11-14-5-3-9-25(12-14)13-15-6-4-10-27-15/h2,4,6-8,10,14H,3,5,9,11-13H2,1H3,(H2,20,21,26)/t14-/m0/s1. The summed E-state index contributed by atoms with van der Waals surface area (Å²) in [6.45, 7) is 3.50. The lowest BCUT2D eigenvalue weighted by Gasteiger charge is -2.32. The molecule has 0 spiro atoms. The van der Waals surface area contributed by atoms with Crippen LogP contribution in [-0.4, -0.2) is 45.6 Å². The van der Waals surface area contributed by atoms with Crippen molar-refractivity contribution in [3.05, 3.63) is 42.4 Å². The summed E-state index contributed by atoms with van der Waals surface area (Å²) >= 11 is 0. The van der Waals surface area contributed by atoms with Gasteiger partial charge < -0.3 is 15.1 Å². The summed E-state index contributed by atoms with van der Waals surface area (Å²) in [7, 11) is 1.77. The lowest BCUT2D eigenvalue weighted by molar-refractivity contribution is 0.156. The zero-order valence-corrected chi connectivity index (χ0v) is 15.4. The van der Waals surface area contributed by atoms with Crippen LogP contribution in [-0.2, 0) is 13.6 Å². The second-order valence-electron chi connectivity index (χ2n) is 7.02. The third kappa shape index (κ3) is 4.28. The summed E-state index contributed by atoms with van der Waals surface area (Å²) in [4.78, 5) is 16.2. The second kappa shape index (κ2) is 7.79. The highest BCUT2D eigenvalue weighted by Crippen LogP contribution is 2.20. The van der Waals surface area contributed by atoms with Gasteiger partial charge in [0.15, 0.2) is 0 Å². The Morgan fingerprint density at radius 2 is 2.22 bits per heavy atom. The summed E-state index contributed by atoms with van der Waals surface area (Å²) in [6.07, 6.45) is 3.96. The van der Waals surface area contributed by atoms with Crippen molar-refractivity contribution in [2.75, 3.05) is 25.0 Å². The van der Waals surface area contributed by atoms with Crippen molar-refractivity contribution < 1.29 is 9.21 Å². The number of benzene rings is 1. The van der Waals surface area contributed by atoms with Gasteiger partial charge in [-0.1, -0.05) is 6.07 Å². The normalized spacial score (nSPS) is 17.9. The van der Waals surface area contributed by atoms with Crippen LogP contribution in [0, 0.1) is 5.92 Å². The van der Waals surface area contributed by atoms with Crippen LogP contribution >= 0.6 is 0 Å². The Balaban J connectivity index is 1.29. The van der Waals surface area contributed by atoms with Crippen LogP contribution in [0.15, 0.2) is 41.0 Å². The van der Waals surface area contributed by atoms with Crippen LogP contribution < -0.4 is 10.6 Å². The van der Waals surface area contributed by atoms with E-state index in [0.29, 0.717) is 23.7 Å². The molecule has 0 saturated carbocycles. The van der Waals surface area contributed by atoms with Gasteiger partial charge in [0.2, 0.25) is 0 Å². The molecule has 2 aromatic heterocycles. The van der Waals surface area contributed by atoms with Crippen LogP contribution in [0.3, 0.4) is 0 Å². The topological polar surface area (TPSA) is 88.2 Å². The van der Waals surface area contributed by atoms with E-state index < -0.39 is 0 Å². The van der Waals surface area contributed by atoms with Gasteiger partial charge in [0.05, 0.1) is 18.5 Å². The molecule has 0 unspecified atom stereocenters. The number of nitrogens with zero attached hydrogens (tertiary/aromatic N) is 4. The molecular formula is C19H24N6O2. The number of fused-ring (bicyclic) bond motifs is 1. The molecule has 1 fully saturated rings. The summed E-state index contributed by atoms with van der Waals surface area (Å²) in [6, 6.07) is 9.28. The van der Waals surface area contributed by atoms with E-state index in [9.17, 15) is 4.79 Å². The number of furan rings is 1. The third-order valence-corrected chi connectivity index (χ3v) is 4.87. The first kappa shape index (κ1) is 17.5. The monoisotopic (exact) mass is 368 g/mol. The minimum atomic E-state index is -0.212. The molecule has 2 amide bonds. The number of aromatic nitrogens is 3. The molecule has 3 aromatic rings. The predicted molar refractivity (Wildman–Crippen MR) is 102 cm³/mol. The number of urea groups is 1. The van der Waals surface area contributed by atoms with E-state index in [1.165, 1.54) is 4.80 Å². The Morgan fingerprint density at radius 3 is 3.07 bits per heavy atom. The van der Waals surface area contributed by atoms with Crippen LogP contribution in [0.25, 0.3) is 11.0 Å². The summed E-state index contributed by atoms with van der Waals surface area (Å²) in [5.74, 6) is 1.42. The molecule has 0 radical (unpaired) electrons. The number of carbonyl (C=O) groups is 1. The molecule has 3 heterocycles. The first-order chi connectivity index (χ1) is 13.2. The van der Waals surface area contributed by atoms with Crippen molar-refractivity contribution in [3.63, 3.8) is 0 Å². The highest BCUT2D eigenvalue weighted by atomic mass is 16.3. The smallest absolute Gasteiger partial charge is 0.319 e. The van der Waals surface area contributed by atoms with Crippen molar-refractivity contribution in [1.82, 2.24) is 25.2 Å². The Hall–Kier alpha value is -2.87. The van der Waals surface area contributed by atoms with Crippen LogP contribution in [0.2, 0.25) is 0 Å². The van der Waals surface area contributed by atoms with Gasteiger partial charge in [-0.05, 0) is 49.6 Å². The van der Waals surface area contributed by atoms with Gasteiger partial charge in [-0.25, -0.2) is 4.79 Å². The Morgan fingerprint density at radius 1 is 1.30 bits per heavy atom. The van der Waals surface area contributed by atoms with Crippen LogP contribution in [0.1, 0.15) is 18.6 Å². The fourth-order valence-corrected chi connectivity index (χ4v) is 3.63. The number of aryl methyl sites for hydroxylation is 1. The zero-order chi connectivity index (χ0) is 18.6. The lowest BCUT2D eigenvalue weighted by atomic mass is 9.98. The number of rotatable bonds is 5. The van der Waals surface area contributed by atoms with E-state index in [4.69, 9.17) is 4.42 Å². The molecular weight excluding hydrogens is 344 g/mol. The molecule has 4 rings (SSSR count). The summed E-state index contributed by atoms with van der Waals surface area (Å²) in [5.41, 5.74) is 2.12. The summed E-state index contributed by atoms with van der Waals surface area (Å²) < 4.78 is 5.44. The maximum Gasteiger partial charge on any atom is 0.319 e. The SMILES string of the molecule is Cn1nc2cccc(NC(=O)NC[C@@H]3CCCN(Cc4ccco4)C3)c2n1. The highest BCUT2D eigenvalue weighted by molar-refractivity contribution is 5.98. The third-order valence-electron chi connectivity index (χ3n) is 4.87. The molecule has 142 valence electrons. The molecule has 27 heavy (non-hydrogen) atoms. The first-order valence-electron chi connectivity index (χ1n) is 9.27. The van der Waals surface area contributed by atoms with Gasteiger partial charge in [-0.3, -0.25) is 4.90 Å². The highest BCUT2D eigenvalue weighted by Gasteiger charge is 2.21. The van der Waals surface area contributed by atoms with Crippen LogP contribution in [0.4, 0.5) is 10.5 Å². The number of likely N-dealkylation sites (tertiary alicyclic amines) is 1. The fourth-order valence-electron chi connectivity index (χ4n) is 3.63. The minimum Gasteiger partial charge on any atom is -0.468 e. The van der Waals surface area contributed by atoms with Gasteiger partial charge >= 0.3 is 6.03 Å². The van der Waals surface area contributed by atoms with Crippen LogP contribution in [0.5, 0.6) is 0 Å². The average molecular weight is 368 g/mol. The number of piperidine rings is 1. The van der Waals surface area contributed by atoms with Gasteiger partial charge in [-0.2, -0.15) is 15.0 Å². The molecule has 1 aliphatic rings. The van der Waals surface area contributed by atoms with E-state index >= 15 is 0 Å². The molecule has 0 bridgehead atoms. The molecule has 1 aliphatic heterocycles. The van der Waals surface area contributed by atoms with E-state index in [0.717, 1.165) is 43.8 Å². The van der Waals surface area contributed by atoms with Crippen molar-refractivity contribution >= 4 is 22.8 Å². The number of anilines is 1. The Kier molecular flexibility index (Phi) is 5.06. The lowest BCUT2D eigenvalue weighted by Crippen LogP contribution is -2.41. The second-order valence-corrected chi connectivity index (χ2v) is 7.02. The summed E-state index contributed by atoms with van der Waals surface area (Å²) in [5, 5.41) is 14.5. The van der Waals surface area contributed by atoms with Gasteiger partial charge in [0.25, 0.3) is 0 Å². The van der Waals surface area contributed by atoms with Gasteiger partial charge in [0.1, 0.15) is 16.8 Å². The number of amides is 2. The van der Waals surface area contributed by atoms with Gasteiger partial charge in [0, 0.05) is 20.1 Å². The number of nitrogens with one attached hydrogen (secondary N) is 2. The molecule has 8 nitrogen and oxygen atoms in total. The Labute approximate surface area is 157 Å². The maximum absolute atomic E-state index is 12.3. The van der Waals surface area contributed by atoms with Gasteiger partial charge in [-0.15, -0.1) is 0 Å². The Bertz CT molecular complexity index is 904. The number of carbonyl (C=O) groups excluding carboxylic acids is 1. The molecule has 1 atom stereocenters. The molecule has 1 aromatic carbocycles.